The highest BCUT2D eigenvalue weighted by Gasteiger charge is 2.56. The van der Waals surface area contributed by atoms with E-state index in [1.165, 1.54) is 6.07 Å². The number of carbonyl (C=O) groups is 1. The van der Waals surface area contributed by atoms with Gasteiger partial charge >= 0.3 is 0 Å². The number of nitrogens with two attached hydrogens (primary N) is 1. The van der Waals surface area contributed by atoms with Crippen molar-refractivity contribution >= 4 is 38.9 Å². The topological polar surface area (TPSA) is 146 Å². The molecule has 0 bridgehead atoms. The van der Waals surface area contributed by atoms with Crippen molar-refractivity contribution in [2.75, 3.05) is 43.4 Å². The third-order valence-electron chi connectivity index (χ3n) is 7.66. The first-order valence-electron chi connectivity index (χ1n) is 12.7. The van der Waals surface area contributed by atoms with Crippen LogP contribution in [0.4, 0.5) is 17.3 Å². The van der Waals surface area contributed by atoms with Crippen LogP contribution in [0.3, 0.4) is 0 Å². The fourth-order valence-electron chi connectivity index (χ4n) is 5.20. The predicted molar refractivity (Wildman–Crippen MR) is 149 cm³/mol. The second kappa shape index (κ2) is 9.33. The fourth-order valence-corrected chi connectivity index (χ4v) is 6.27. The maximum Gasteiger partial charge on any atom is 0.274 e. The summed E-state index contributed by atoms with van der Waals surface area (Å²) in [5.74, 6) is -0.298. The first-order valence-corrected chi connectivity index (χ1v) is 14.2. The Hall–Kier alpha value is -4.00. The number of hydrogen-bond acceptors (Lipinski definition) is 8. The summed E-state index contributed by atoms with van der Waals surface area (Å²) in [5.41, 5.74) is 9.82. The minimum atomic E-state index is -4.38. The molecule has 1 aliphatic heterocycles. The predicted octanol–water partition coefficient (Wildman–Crippen LogP) is 2.87. The Morgan fingerprint density at radius 2 is 1.74 bits per heavy atom. The summed E-state index contributed by atoms with van der Waals surface area (Å²) in [5, 5.41) is 7.89. The van der Waals surface area contributed by atoms with Crippen LogP contribution in [0.1, 0.15) is 28.8 Å². The number of amides is 1. The van der Waals surface area contributed by atoms with E-state index in [-0.39, 0.29) is 18.4 Å². The number of aromatic nitrogens is 3. The molecule has 4 N–H and O–H groups in total. The van der Waals surface area contributed by atoms with Crippen molar-refractivity contribution in [2.24, 2.45) is 5.73 Å². The van der Waals surface area contributed by atoms with Crippen molar-refractivity contribution < 1.29 is 17.8 Å². The normalized spacial score (nSPS) is 17.3. The Bertz CT molecular complexity index is 1670. The smallest absolute Gasteiger partial charge is 0.274 e. The third kappa shape index (κ3) is 4.60. The van der Waals surface area contributed by atoms with Gasteiger partial charge in [0.25, 0.3) is 10.1 Å². The van der Waals surface area contributed by atoms with Crippen LogP contribution < -0.4 is 16.0 Å². The van der Waals surface area contributed by atoms with E-state index in [1.807, 2.05) is 12.1 Å². The van der Waals surface area contributed by atoms with E-state index in [2.05, 4.69) is 44.4 Å². The average molecular weight is 548 g/mol. The van der Waals surface area contributed by atoms with Crippen LogP contribution in [-0.4, -0.2) is 71.6 Å². The number of carbonyl (C=O) groups excluding carboxylic acids is 1. The molecule has 39 heavy (non-hydrogen) atoms. The number of nitrogens with one attached hydrogen (secondary N) is 1. The van der Waals surface area contributed by atoms with Gasteiger partial charge < -0.3 is 20.9 Å². The van der Waals surface area contributed by atoms with Crippen LogP contribution in [0.2, 0.25) is 0 Å². The summed E-state index contributed by atoms with van der Waals surface area (Å²) < 4.78 is 34.9. The summed E-state index contributed by atoms with van der Waals surface area (Å²) >= 11 is 0. The molecule has 1 aliphatic carbocycles. The highest BCUT2D eigenvalue weighted by atomic mass is 32.2. The summed E-state index contributed by atoms with van der Waals surface area (Å²) in [6.07, 6.45) is 2.22. The molecule has 0 spiro atoms. The van der Waals surface area contributed by atoms with Crippen LogP contribution in [-0.2, 0) is 14.9 Å². The molecule has 0 radical (unpaired) electrons. The molecule has 4 aromatic rings. The first-order chi connectivity index (χ1) is 18.6. The molecule has 202 valence electrons. The van der Waals surface area contributed by atoms with Gasteiger partial charge in [0, 0.05) is 48.7 Å². The van der Waals surface area contributed by atoms with E-state index in [0.29, 0.717) is 28.3 Å². The number of hydrogen-bond donors (Lipinski definition) is 3. The number of piperazine rings is 1. The zero-order valence-corrected chi connectivity index (χ0v) is 22.2. The Labute approximate surface area is 226 Å². The molecule has 0 unspecified atom stereocenters. The Balaban J connectivity index is 1.34. The molecule has 6 rings (SSSR count). The van der Waals surface area contributed by atoms with Crippen molar-refractivity contribution in [3.63, 3.8) is 0 Å². The fraction of sp³-hybridized carbons (Fsp3) is 0.296. The lowest BCUT2D eigenvalue weighted by atomic mass is 9.97. The maximum absolute atomic E-state index is 12.3. The Morgan fingerprint density at radius 3 is 2.38 bits per heavy atom. The Kier molecular flexibility index (Phi) is 6.05. The second-order valence-corrected chi connectivity index (χ2v) is 11.9. The summed E-state index contributed by atoms with van der Waals surface area (Å²) in [6, 6.07) is 16.3. The molecule has 0 atom stereocenters. The number of anilines is 3. The van der Waals surface area contributed by atoms with E-state index in [0.717, 1.165) is 37.6 Å². The monoisotopic (exact) mass is 547 g/mol. The van der Waals surface area contributed by atoms with Gasteiger partial charge in [0.15, 0.2) is 0 Å². The van der Waals surface area contributed by atoms with Gasteiger partial charge in [0.2, 0.25) is 11.9 Å². The lowest BCUT2D eigenvalue weighted by molar-refractivity contribution is 0.100. The van der Waals surface area contributed by atoms with Crippen molar-refractivity contribution in [2.45, 2.75) is 17.6 Å². The lowest BCUT2D eigenvalue weighted by Gasteiger charge is -2.34. The molecular weight excluding hydrogens is 518 g/mol. The zero-order chi connectivity index (χ0) is 27.4. The lowest BCUT2D eigenvalue weighted by Crippen LogP contribution is -2.44. The van der Waals surface area contributed by atoms with E-state index in [4.69, 9.17) is 5.73 Å². The zero-order valence-electron chi connectivity index (χ0n) is 21.4. The standard InChI is InChI=1S/C27H29N7O4S/c1-32-12-14-33(15-13-32)20-5-3-19(4-6-20)30-26-29-17-21-7-9-24(34(21)31-26)22-16-18(25(28)35)2-8-23(22)27(10-11-27)39(36,37)38/h2-9,16-17H,10-15H2,1H3,(H2,28,35)(H,30,31)(H,36,37,38). The molecule has 2 fully saturated rings. The van der Waals surface area contributed by atoms with Crippen LogP contribution in [0, 0.1) is 0 Å². The minimum Gasteiger partial charge on any atom is -0.369 e. The summed E-state index contributed by atoms with van der Waals surface area (Å²) in [6.45, 7) is 4.03. The van der Waals surface area contributed by atoms with Gasteiger partial charge in [-0.2, -0.15) is 8.42 Å². The minimum absolute atomic E-state index is 0.225. The van der Waals surface area contributed by atoms with Crippen molar-refractivity contribution in [3.8, 4) is 11.3 Å². The van der Waals surface area contributed by atoms with Crippen molar-refractivity contribution in [3.05, 3.63) is 71.9 Å². The van der Waals surface area contributed by atoms with Crippen molar-refractivity contribution in [1.82, 2.24) is 19.5 Å². The molecule has 12 heteroatoms. The maximum atomic E-state index is 12.3. The number of primary amides is 1. The number of fused-ring (bicyclic) bond motifs is 1. The van der Waals surface area contributed by atoms with Gasteiger partial charge in [-0.25, -0.2) is 9.50 Å². The van der Waals surface area contributed by atoms with Gasteiger partial charge in [0.05, 0.1) is 17.4 Å². The van der Waals surface area contributed by atoms with Gasteiger partial charge in [-0.3, -0.25) is 9.35 Å². The molecule has 2 aromatic carbocycles. The first kappa shape index (κ1) is 25.3. The SMILES string of the molecule is CN1CCN(c2ccc(Nc3ncc4ccc(-c5cc(C(N)=O)ccc5C5(S(=O)(=O)O)CC5)n4n3)cc2)CC1. The van der Waals surface area contributed by atoms with Crippen LogP contribution in [0.15, 0.2) is 60.8 Å². The Morgan fingerprint density at radius 1 is 1.03 bits per heavy atom. The molecule has 1 saturated heterocycles. The summed E-state index contributed by atoms with van der Waals surface area (Å²) in [4.78, 5) is 21.1. The second-order valence-electron chi connectivity index (χ2n) is 10.2. The van der Waals surface area contributed by atoms with Crippen LogP contribution >= 0.6 is 0 Å². The highest BCUT2D eigenvalue weighted by molar-refractivity contribution is 7.87. The third-order valence-corrected chi connectivity index (χ3v) is 9.27. The molecule has 3 heterocycles. The average Bonchev–Trinajstić information content (AvgIpc) is 3.64. The number of nitrogens with zero attached hydrogens (tertiary/aromatic N) is 5. The van der Waals surface area contributed by atoms with Gasteiger partial charge in [-0.05, 0) is 74.0 Å². The number of benzene rings is 2. The van der Waals surface area contributed by atoms with Gasteiger partial charge in [-0.15, -0.1) is 5.10 Å². The largest absolute Gasteiger partial charge is 0.369 e. The van der Waals surface area contributed by atoms with Gasteiger partial charge in [0.1, 0.15) is 4.75 Å². The van der Waals surface area contributed by atoms with E-state index >= 15 is 0 Å². The number of rotatable bonds is 7. The van der Waals surface area contributed by atoms with E-state index in [1.54, 1.807) is 35.0 Å². The molecule has 11 nitrogen and oxygen atoms in total. The molecule has 2 aliphatic rings. The molecule has 1 saturated carbocycles. The quantitative estimate of drug-likeness (QED) is 0.297. The van der Waals surface area contributed by atoms with Crippen LogP contribution in [0.25, 0.3) is 16.8 Å². The van der Waals surface area contributed by atoms with Gasteiger partial charge in [-0.1, -0.05) is 6.07 Å². The number of likely N-dealkylation sites (N-methyl/N-ethyl adjacent to an activating group) is 1. The van der Waals surface area contributed by atoms with Crippen LogP contribution in [0.5, 0.6) is 0 Å². The van der Waals surface area contributed by atoms with E-state index in [9.17, 15) is 17.8 Å². The molecule has 2 aromatic heterocycles. The highest BCUT2D eigenvalue weighted by Crippen LogP contribution is 2.55. The summed E-state index contributed by atoms with van der Waals surface area (Å²) in [7, 11) is -2.25. The van der Waals surface area contributed by atoms with Crippen molar-refractivity contribution in [1.29, 1.82) is 0 Å². The molecular formula is C27H29N7O4S. The molecule has 1 amide bonds. The van der Waals surface area contributed by atoms with E-state index < -0.39 is 20.8 Å².